The lowest BCUT2D eigenvalue weighted by molar-refractivity contribution is -0.385. The third kappa shape index (κ3) is 3.52. The SMILES string of the molecule is C=CCCN(C)S(=O)(=O)c1cc([N+](=O)[O-])ccc1Cl. The fraction of sp³-hybridized carbons (Fsp3) is 0.273. The summed E-state index contributed by atoms with van der Waals surface area (Å²) >= 11 is 5.81. The number of non-ortho nitro benzene ring substituents is 1. The minimum atomic E-state index is -3.85. The maximum absolute atomic E-state index is 12.2. The predicted octanol–water partition coefficient (Wildman–Crippen LogP) is 2.44. The maximum atomic E-state index is 12.2. The van der Waals surface area contributed by atoms with Gasteiger partial charge in [0.05, 0.1) is 9.95 Å². The second-order valence-electron chi connectivity index (χ2n) is 3.78. The molecule has 0 fully saturated rings. The highest BCUT2D eigenvalue weighted by Crippen LogP contribution is 2.28. The van der Waals surface area contributed by atoms with E-state index in [0.717, 1.165) is 16.4 Å². The van der Waals surface area contributed by atoms with Crippen LogP contribution in [0.4, 0.5) is 5.69 Å². The molecule has 1 rings (SSSR count). The summed E-state index contributed by atoms with van der Waals surface area (Å²) in [5, 5.41) is 10.6. The van der Waals surface area contributed by atoms with Crippen LogP contribution < -0.4 is 0 Å². The molecule has 104 valence electrons. The number of benzene rings is 1. The van der Waals surface area contributed by atoms with Crippen LogP contribution in [-0.2, 0) is 10.0 Å². The number of nitro groups is 1. The van der Waals surface area contributed by atoms with Gasteiger partial charge < -0.3 is 0 Å². The first-order valence-corrected chi connectivity index (χ1v) is 7.13. The molecular weight excluding hydrogens is 292 g/mol. The van der Waals surface area contributed by atoms with E-state index in [9.17, 15) is 18.5 Å². The number of nitro benzene ring substituents is 1. The summed E-state index contributed by atoms with van der Waals surface area (Å²) in [4.78, 5) is 9.74. The minimum Gasteiger partial charge on any atom is -0.258 e. The van der Waals surface area contributed by atoms with E-state index in [1.807, 2.05) is 0 Å². The fourth-order valence-electron chi connectivity index (χ4n) is 1.36. The Labute approximate surface area is 116 Å². The first kappa shape index (κ1) is 15.6. The molecule has 0 bridgehead atoms. The van der Waals surface area contributed by atoms with Crippen LogP contribution in [0.1, 0.15) is 6.42 Å². The average Bonchev–Trinajstić information content (AvgIpc) is 2.35. The van der Waals surface area contributed by atoms with Gasteiger partial charge in [-0.2, -0.15) is 0 Å². The van der Waals surface area contributed by atoms with Crippen LogP contribution in [0.5, 0.6) is 0 Å². The van der Waals surface area contributed by atoms with Crippen molar-refractivity contribution < 1.29 is 13.3 Å². The van der Waals surface area contributed by atoms with E-state index in [-0.39, 0.29) is 22.2 Å². The molecule has 0 saturated heterocycles. The Morgan fingerprint density at radius 1 is 1.53 bits per heavy atom. The molecule has 0 spiro atoms. The lowest BCUT2D eigenvalue weighted by atomic mass is 10.3. The summed E-state index contributed by atoms with van der Waals surface area (Å²) in [7, 11) is -2.47. The van der Waals surface area contributed by atoms with Crippen molar-refractivity contribution in [1.82, 2.24) is 4.31 Å². The number of sulfonamides is 1. The van der Waals surface area contributed by atoms with Crippen LogP contribution in [-0.4, -0.2) is 31.2 Å². The topological polar surface area (TPSA) is 80.5 Å². The molecule has 8 heteroatoms. The van der Waals surface area contributed by atoms with Gasteiger partial charge in [-0.1, -0.05) is 17.7 Å². The van der Waals surface area contributed by atoms with E-state index >= 15 is 0 Å². The summed E-state index contributed by atoms with van der Waals surface area (Å²) in [5.74, 6) is 0. The molecule has 0 N–H and O–H groups in total. The van der Waals surface area contributed by atoms with E-state index in [4.69, 9.17) is 11.6 Å². The van der Waals surface area contributed by atoms with Crippen molar-refractivity contribution in [2.24, 2.45) is 0 Å². The minimum absolute atomic E-state index is 0.0453. The van der Waals surface area contributed by atoms with Crippen molar-refractivity contribution in [3.8, 4) is 0 Å². The molecule has 0 radical (unpaired) electrons. The zero-order valence-electron chi connectivity index (χ0n) is 10.2. The van der Waals surface area contributed by atoms with Crippen LogP contribution in [0.15, 0.2) is 35.7 Å². The molecular formula is C11H13ClN2O4S. The molecule has 0 heterocycles. The van der Waals surface area contributed by atoms with Crippen molar-refractivity contribution in [2.75, 3.05) is 13.6 Å². The third-order valence-corrected chi connectivity index (χ3v) is 4.80. The Hall–Kier alpha value is -1.44. The van der Waals surface area contributed by atoms with E-state index < -0.39 is 14.9 Å². The van der Waals surface area contributed by atoms with E-state index in [1.54, 1.807) is 6.08 Å². The zero-order chi connectivity index (χ0) is 14.6. The van der Waals surface area contributed by atoms with E-state index in [0.29, 0.717) is 6.42 Å². The molecule has 1 aromatic carbocycles. The lowest BCUT2D eigenvalue weighted by Crippen LogP contribution is -2.28. The highest BCUT2D eigenvalue weighted by Gasteiger charge is 2.25. The number of hydrogen-bond donors (Lipinski definition) is 0. The van der Waals surface area contributed by atoms with E-state index in [1.165, 1.54) is 13.1 Å². The molecule has 0 aliphatic rings. The highest BCUT2D eigenvalue weighted by molar-refractivity contribution is 7.89. The number of hydrogen-bond acceptors (Lipinski definition) is 4. The molecule has 0 saturated carbocycles. The molecule has 0 aliphatic carbocycles. The van der Waals surface area contributed by atoms with E-state index in [2.05, 4.69) is 6.58 Å². The Morgan fingerprint density at radius 2 is 2.16 bits per heavy atom. The smallest absolute Gasteiger partial charge is 0.258 e. The summed E-state index contributed by atoms with van der Waals surface area (Å²) in [6.07, 6.45) is 2.06. The highest BCUT2D eigenvalue weighted by atomic mass is 35.5. The molecule has 0 aliphatic heterocycles. The fourth-order valence-corrected chi connectivity index (χ4v) is 3.04. The van der Waals surface area contributed by atoms with Gasteiger partial charge in [-0.3, -0.25) is 10.1 Å². The summed E-state index contributed by atoms with van der Waals surface area (Å²) in [6.45, 7) is 3.73. The largest absolute Gasteiger partial charge is 0.270 e. The predicted molar refractivity (Wildman–Crippen MR) is 72.7 cm³/mol. The van der Waals surface area contributed by atoms with Gasteiger partial charge in [0.15, 0.2) is 0 Å². The summed E-state index contributed by atoms with van der Waals surface area (Å²) in [6, 6.07) is 3.32. The van der Waals surface area contributed by atoms with Gasteiger partial charge in [0.2, 0.25) is 10.0 Å². The van der Waals surface area contributed by atoms with Crippen molar-refractivity contribution in [2.45, 2.75) is 11.3 Å². The standard InChI is InChI=1S/C11H13ClN2O4S/c1-3-4-7-13(2)19(17,18)11-8-9(14(15)16)5-6-10(11)12/h3,5-6,8H,1,4,7H2,2H3. The first-order chi connectivity index (χ1) is 8.80. The Bertz CT molecular complexity index is 601. The molecule has 0 aromatic heterocycles. The van der Waals surface area contributed by atoms with Gasteiger partial charge in [-0.05, 0) is 12.5 Å². The van der Waals surface area contributed by atoms with Crippen LogP contribution >= 0.6 is 11.6 Å². The molecule has 19 heavy (non-hydrogen) atoms. The van der Waals surface area contributed by atoms with Crippen LogP contribution in [0.25, 0.3) is 0 Å². The number of nitrogens with zero attached hydrogens (tertiary/aromatic N) is 2. The lowest BCUT2D eigenvalue weighted by Gasteiger charge is -2.16. The Kier molecular flexibility index (Phi) is 5.04. The number of rotatable bonds is 6. The van der Waals surface area contributed by atoms with Crippen molar-refractivity contribution in [3.05, 3.63) is 46.0 Å². The molecule has 0 atom stereocenters. The molecule has 6 nitrogen and oxygen atoms in total. The van der Waals surface area contributed by atoms with Gasteiger partial charge >= 0.3 is 0 Å². The Morgan fingerprint density at radius 3 is 2.68 bits per heavy atom. The van der Waals surface area contributed by atoms with Crippen LogP contribution in [0, 0.1) is 10.1 Å². The van der Waals surface area contributed by atoms with Crippen LogP contribution in [0.3, 0.4) is 0 Å². The quantitative estimate of drug-likeness (QED) is 0.459. The monoisotopic (exact) mass is 304 g/mol. The first-order valence-electron chi connectivity index (χ1n) is 5.32. The summed E-state index contributed by atoms with van der Waals surface area (Å²) in [5.41, 5.74) is -0.319. The van der Waals surface area contributed by atoms with Crippen molar-refractivity contribution in [1.29, 1.82) is 0 Å². The third-order valence-electron chi connectivity index (χ3n) is 2.46. The molecule has 0 unspecified atom stereocenters. The van der Waals surface area contributed by atoms with Gasteiger partial charge in [0.1, 0.15) is 4.90 Å². The van der Waals surface area contributed by atoms with Gasteiger partial charge in [0.25, 0.3) is 5.69 Å². The normalized spacial score (nSPS) is 11.5. The van der Waals surface area contributed by atoms with Gasteiger partial charge in [-0.25, -0.2) is 12.7 Å². The average molecular weight is 305 g/mol. The zero-order valence-corrected chi connectivity index (χ0v) is 11.8. The number of halogens is 1. The van der Waals surface area contributed by atoms with Crippen LogP contribution in [0.2, 0.25) is 5.02 Å². The van der Waals surface area contributed by atoms with Crippen molar-refractivity contribution >= 4 is 27.3 Å². The second-order valence-corrected chi connectivity index (χ2v) is 6.20. The van der Waals surface area contributed by atoms with Gasteiger partial charge in [-0.15, -0.1) is 6.58 Å². The molecule has 1 aromatic rings. The van der Waals surface area contributed by atoms with Crippen molar-refractivity contribution in [3.63, 3.8) is 0 Å². The second kappa shape index (κ2) is 6.14. The molecule has 0 amide bonds. The Balaban J connectivity index is 3.23. The summed E-state index contributed by atoms with van der Waals surface area (Å²) < 4.78 is 25.5. The van der Waals surface area contributed by atoms with Gasteiger partial charge in [0, 0.05) is 25.7 Å². The maximum Gasteiger partial charge on any atom is 0.270 e.